The van der Waals surface area contributed by atoms with E-state index in [1.807, 2.05) is 11.8 Å². The lowest BCUT2D eigenvalue weighted by Crippen LogP contribution is -2.55. The highest BCUT2D eigenvalue weighted by molar-refractivity contribution is 7.89. The van der Waals surface area contributed by atoms with E-state index in [4.69, 9.17) is 4.74 Å². The van der Waals surface area contributed by atoms with E-state index in [0.717, 1.165) is 38.4 Å². The average Bonchev–Trinajstić information content (AvgIpc) is 3.21. The van der Waals surface area contributed by atoms with Gasteiger partial charge in [-0.3, -0.25) is 9.79 Å². The van der Waals surface area contributed by atoms with Crippen molar-refractivity contribution in [2.75, 3.05) is 58.2 Å². The highest BCUT2D eigenvalue weighted by Gasteiger charge is 2.30. The number of aliphatic imine (C=N–C) groups is 1. The third-order valence-corrected chi connectivity index (χ3v) is 6.13. The van der Waals surface area contributed by atoms with Crippen LogP contribution >= 0.6 is 0 Å². The molecule has 1 unspecified atom stereocenters. The zero-order valence-electron chi connectivity index (χ0n) is 16.4. The van der Waals surface area contributed by atoms with Gasteiger partial charge < -0.3 is 19.9 Å². The fourth-order valence-electron chi connectivity index (χ4n) is 3.13. The molecule has 0 saturated carbocycles. The predicted octanol–water partition coefficient (Wildman–Crippen LogP) is -0.395. The molecule has 2 rings (SSSR count). The molecule has 0 bridgehead atoms. The lowest BCUT2D eigenvalue weighted by molar-refractivity contribution is -0.142. The molecule has 2 N–H and O–H groups in total. The van der Waals surface area contributed by atoms with Crippen molar-refractivity contribution in [1.29, 1.82) is 0 Å². The van der Waals surface area contributed by atoms with Gasteiger partial charge in [0.05, 0.1) is 5.75 Å². The Labute approximate surface area is 162 Å². The molecule has 2 fully saturated rings. The van der Waals surface area contributed by atoms with Crippen LogP contribution in [0.2, 0.25) is 0 Å². The number of nitrogens with zero attached hydrogens (tertiary/aromatic N) is 3. The quantitative estimate of drug-likeness (QED) is 0.325. The van der Waals surface area contributed by atoms with Gasteiger partial charge in [0.25, 0.3) is 5.91 Å². The van der Waals surface area contributed by atoms with E-state index in [-0.39, 0.29) is 17.8 Å². The van der Waals surface area contributed by atoms with Crippen molar-refractivity contribution < 1.29 is 17.9 Å². The van der Waals surface area contributed by atoms with Gasteiger partial charge in [-0.15, -0.1) is 0 Å². The molecule has 0 aromatic rings. The minimum Gasteiger partial charge on any atom is -0.368 e. The van der Waals surface area contributed by atoms with Crippen molar-refractivity contribution >= 4 is 21.9 Å². The maximum Gasteiger partial charge on any atom is 0.251 e. The zero-order valence-corrected chi connectivity index (χ0v) is 17.3. The number of piperazine rings is 1. The van der Waals surface area contributed by atoms with Gasteiger partial charge in [0.1, 0.15) is 6.10 Å². The van der Waals surface area contributed by atoms with Crippen molar-refractivity contribution in [1.82, 2.24) is 19.8 Å². The van der Waals surface area contributed by atoms with E-state index in [2.05, 4.69) is 19.9 Å². The summed E-state index contributed by atoms with van der Waals surface area (Å²) in [7, 11) is -3.14. The first-order chi connectivity index (χ1) is 13.0. The Bertz CT molecular complexity index is 596. The molecule has 1 atom stereocenters. The second kappa shape index (κ2) is 10.8. The van der Waals surface area contributed by atoms with Gasteiger partial charge >= 0.3 is 0 Å². The first kappa shape index (κ1) is 21.9. The summed E-state index contributed by atoms with van der Waals surface area (Å²) in [6.45, 7) is 8.80. The van der Waals surface area contributed by atoms with Gasteiger partial charge in [-0.25, -0.2) is 13.1 Å². The molecule has 0 spiro atoms. The highest BCUT2D eigenvalue weighted by Crippen LogP contribution is 2.16. The number of carbonyl (C=O) groups excluding carboxylic acids is 1. The fraction of sp³-hybridized carbons (Fsp3) is 0.882. The first-order valence-corrected chi connectivity index (χ1v) is 11.5. The molecule has 0 radical (unpaired) electrons. The molecule has 9 nitrogen and oxygen atoms in total. The van der Waals surface area contributed by atoms with Crippen molar-refractivity contribution in [3.05, 3.63) is 0 Å². The van der Waals surface area contributed by atoms with Crippen LogP contribution in [0.5, 0.6) is 0 Å². The molecule has 2 aliphatic heterocycles. The second-order valence-electron chi connectivity index (χ2n) is 6.70. The van der Waals surface area contributed by atoms with Gasteiger partial charge in [0.2, 0.25) is 10.0 Å². The summed E-state index contributed by atoms with van der Waals surface area (Å²) in [6, 6.07) is 0. The van der Waals surface area contributed by atoms with E-state index in [1.54, 1.807) is 6.92 Å². The van der Waals surface area contributed by atoms with Gasteiger partial charge in [-0.1, -0.05) is 0 Å². The Hall–Kier alpha value is -1.39. The van der Waals surface area contributed by atoms with E-state index in [0.29, 0.717) is 39.2 Å². The van der Waals surface area contributed by atoms with Crippen molar-refractivity contribution in [3.63, 3.8) is 0 Å². The van der Waals surface area contributed by atoms with Crippen LogP contribution in [0.3, 0.4) is 0 Å². The summed E-state index contributed by atoms with van der Waals surface area (Å²) in [6.07, 6.45) is 2.17. The Balaban J connectivity index is 1.78. The average molecular weight is 404 g/mol. The lowest BCUT2D eigenvalue weighted by Gasteiger charge is -2.37. The Kier molecular flexibility index (Phi) is 8.78. The standard InChI is InChI=1S/C17H33N5O4S/c1-3-18-17(19-8-6-9-20-27(24,25)4-2)22-12-10-21(11-13-22)16(23)15-7-5-14-26-15/h15,20H,3-14H2,1-2H3,(H,18,19). The summed E-state index contributed by atoms with van der Waals surface area (Å²) in [5, 5.41) is 3.28. The molecule has 1 amide bonds. The number of carbonyl (C=O) groups is 1. The highest BCUT2D eigenvalue weighted by atomic mass is 32.2. The van der Waals surface area contributed by atoms with Crippen molar-refractivity contribution in [2.45, 2.75) is 39.2 Å². The normalized spacial score (nSPS) is 21.6. The molecule has 0 aromatic heterocycles. The van der Waals surface area contributed by atoms with E-state index in [1.165, 1.54) is 0 Å². The van der Waals surface area contributed by atoms with Crippen LogP contribution in [0, 0.1) is 0 Å². The number of sulfonamides is 1. The Morgan fingerprint density at radius 3 is 2.48 bits per heavy atom. The van der Waals surface area contributed by atoms with Crippen LogP contribution in [0.25, 0.3) is 0 Å². The summed E-state index contributed by atoms with van der Waals surface area (Å²) in [4.78, 5) is 21.1. The molecule has 2 aliphatic rings. The van der Waals surface area contributed by atoms with E-state index >= 15 is 0 Å². The maximum absolute atomic E-state index is 12.4. The molecular formula is C17H33N5O4S. The van der Waals surface area contributed by atoms with Crippen molar-refractivity contribution in [3.8, 4) is 0 Å². The largest absolute Gasteiger partial charge is 0.368 e. The van der Waals surface area contributed by atoms with Gasteiger partial charge in [-0.05, 0) is 33.1 Å². The molecule has 0 aliphatic carbocycles. The van der Waals surface area contributed by atoms with Crippen molar-refractivity contribution in [2.24, 2.45) is 4.99 Å². The number of hydrogen-bond donors (Lipinski definition) is 2. The monoisotopic (exact) mass is 403 g/mol. The van der Waals surface area contributed by atoms with Gasteiger partial charge in [-0.2, -0.15) is 0 Å². The van der Waals surface area contributed by atoms with Crippen LogP contribution in [0.4, 0.5) is 0 Å². The van der Waals surface area contributed by atoms with E-state index < -0.39 is 10.0 Å². The van der Waals surface area contributed by atoms with Gasteiger partial charge in [0, 0.05) is 52.4 Å². The number of ether oxygens (including phenoxy) is 1. The van der Waals surface area contributed by atoms with E-state index in [9.17, 15) is 13.2 Å². The SMILES string of the molecule is CCNC(=NCCCNS(=O)(=O)CC)N1CCN(C(=O)C2CCCO2)CC1. The predicted molar refractivity (Wildman–Crippen MR) is 105 cm³/mol. The molecule has 2 saturated heterocycles. The minimum absolute atomic E-state index is 0.0911. The van der Waals surface area contributed by atoms with Gasteiger partial charge in [0.15, 0.2) is 5.96 Å². The molecule has 10 heteroatoms. The molecule has 2 heterocycles. The smallest absolute Gasteiger partial charge is 0.251 e. The number of hydrogen-bond acceptors (Lipinski definition) is 5. The van der Waals surface area contributed by atoms with Crippen LogP contribution < -0.4 is 10.0 Å². The first-order valence-electron chi connectivity index (χ1n) is 9.87. The second-order valence-corrected chi connectivity index (χ2v) is 8.80. The molecule has 0 aromatic carbocycles. The Morgan fingerprint density at radius 2 is 1.89 bits per heavy atom. The number of guanidine groups is 1. The fourth-order valence-corrected chi connectivity index (χ4v) is 3.79. The van der Waals surface area contributed by atoms with Crippen LogP contribution in [-0.4, -0.2) is 94.4 Å². The summed E-state index contributed by atoms with van der Waals surface area (Å²) in [5.41, 5.74) is 0. The number of rotatable bonds is 8. The lowest BCUT2D eigenvalue weighted by atomic mass is 10.2. The van der Waals surface area contributed by atoms with Crippen LogP contribution in [-0.2, 0) is 19.6 Å². The topological polar surface area (TPSA) is 103 Å². The third kappa shape index (κ3) is 6.93. The maximum atomic E-state index is 12.4. The molecular weight excluding hydrogens is 370 g/mol. The third-order valence-electron chi connectivity index (χ3n) is 4.73. The van der Waals surface area contributed by atoms with Crippen LogP contribution in [0.1, 0.15) is 33.1 Å². The summed E-state index contributed by atoms with van der Waals surface area (Å²) >= 11 is 0. The Morgan fingerprint density at radius 1 is 1.19 bits per heavy atom. The number of nitrogens with one attached hydrogen (secondary N) is 2. The zero-order chi connectivity index (χ0) is 19.7. The number of amides is 1. The summed E-state index contributed by atoms with van der Waals surface area (Å²) in [5.74, 6) is 1.02. The summed E-state index contributed by atoms with van der Waals surface area (Å²) < 4.78 is 30.9. The van der Waals surface area contributed by atoms with Crippen LogP contribution in [0.15, 0.2) is 4.99 Å². The molecule has 27 heavy (non-hydrogen) atoms. The minimum atomic E-state index is -3.14. The molecule has 156 valence electrons.